The molecule has 3 unspecified atom stereocenters. The van der Waals surface area contributed by atoms with Crippen molar-refractivity contribution in [1.82, 2.24) is 5.32 Å². The SMILES string of the molecule is O=C(O)C1=CCS(=O)(=O)C=C1.c1ccc(C2CC2NC2CCCc3ccc4c(ccc5ccccc54)c32)cc1. The predicted octanol–water partition coefficient (Wildman–Crippen LogP) is 6.46. The minimum Gasteiger partial charge on any atom is -0.478 e. The highest BCUT2D eigenvalue weighted by Crippen LogP contribution is 2.45. The predicted molar refractivity (Wildman–Crippen MR) is 157 cm³/mol. The molecule has 3 atom stereocenters. The Labute approximate surface area is 228 Å². The molecule has 4 aromatic carbocycles. The first-order valence-electron chi connectivity index (χ1n) is 13.5. The van der Waals surface area contributed by atoms with Gasteiger partial charge in [0.05, 0.1) is 11.3 Å². The monoisotopic (exact) mass is 537 g/mol. The summed E-state index contributed by atoms with van der Waals surface area (Å²) in [6, 6.07) is 30.3. The smallest absolute Gasteiger partial charge is 0.335 e. The van der Waals surface area contributed by atoms with Crippen LogP contribution in [-0.2, 0) is 21.1 Å². The Balaban J connectivity index is 0.000000213. The number of carboxylic acids is 1. The summed E-state index contributed by atoms with van der Waals surface area (Å²) in [7, 11) is -3.17. The average molecular weight is 538 g/mol. The lowest BCUT2D eigenvalue weighted by Gasteiger charge is -2.29. The van der Waals surface area contributed by atoms with Crippen molar-refractivity contribution in [2.24, 2.45) is 0 Å². The Kier molecular flexibility index (Phi) is 6.83. The summed E-state index contributed by atoms with van der Waals surface area (Å²) in [5, 5.41) is 18.9. The summed E-state index contributed by atoms with van der Waals surface area (Å²) < 4.78 is 21.4. The number of nitrogens with one attached hydrogen (secondary N) is 1. The second-order valence-corrected chi connectivity index (χ2v) is 12.5. The number of hydrogen-bond acceptors (Lipinski definition) is 4. The highest BCUT2D eigenvalue weighted by molar-refractivity contribution is 7.94. The quantitative estimate of drug-likeness (QED) is 0.292. The Hall–Kier alpha value is -3.74. The van der Waals surface area contributed by atoms with Gasteiger partial charge in [0.1, 0.15) is 0 Å². The summed E-state index contributed by atoms with van der Waals surface area (Å²) in [4.78, 5) is 10.3. The van der Waals surface area contributed by atoms with Gasteiger partial charge < -0.3 is 10.4 Å². The van der Waals surface area contributed by atoms with Gasteiger partial charge in [0.15, 0.2) is 9.84 Å². The van der Waals surface area contributed by atoms with Gasteiger partial charge >= 0.3 is 5.97 Å². The zero-order valence-corrected chi connectivity index (χ0v) is 22.4. The van der Waals surface area contributed by atoms with Crippen LogP contribution in [0.4, 0.5) is 0 Å². The number of rotatable bonds is 4. The molecule has 0 bridgehead atoms. The number of aliphatic carboxylic acids is 1. The molecule has 2 aliphatic carbocycles. The van der Waals surface area contributed by atoms with Crippen LogP contribution in [0.1, 0.15) is 47.9 Å². The first-order valence-corrected chi connectivity index (χ1v) is 15.2. The molecule has 0 aromatic heterocycles. The van der Waals surface area contributed by atoms with E-state index in [-0.39, 0.29) is 11.3 Å². The lowest BCUT2D eigenvalue weighted by atomic mass is 9.83. The minimum absolute atomic E-state index is 0.0276. The van der Waals surface area contributed by atoms with Gasteiger partial charge in [-0.25, -0.2) is 13.2 Å². The number of hydrogen-bond donors (Lipinski definition) is 2. The number of carboxylic acid groups (broad SMARTS) is 1. The van der Waals surface area contributed by atoms with Crippen LogP contribution < -0.4 is 5.32 Å². The lowest BCUT2D eigenvalue weighted by molar-refractivity contribution is -0.132. The third-order valence-electron chi connectivity index (χ3n) is 8.02. The molecule has 0 saturated heterocycles. The Morgan fingerprint density at radius 3 is 2.41 bits per heavy atom. The molecule has 1 saturated carbocycles. The molecule has 3 aliphatic rings. The normalized spacial score (nSPS) is 22.9. The fourth-order valence-electron chi connectivity index (χ4n) is 5.97. The summed E-state index contributed by atoms with van der Waals surface area (Å²) in [6.45, 7) is 0. The molecule has 198 valence electrons. The first kappa shape index (κ1) is 25.5. The van der Waals surface area contributed by atoms with Crippen molar-refractivity contribution in [3.05, 3.63) is 119 Å². The van der Waals surface area contributed by atoms with E-state index in [1.54, 1.807) is 11.1 Å². The zero-order valence-electron chi connectivity index (χ0n) is 21.6. The Morgan fingerprint density at radius 1 is 0.872 bits per heavy atom. The summed E-state index contributed by atoms with van der Waals surface area (Å²) >= 11 is 0. The maximum Gasteiger partial charge on any atom is 0.335 e. The van der Waals surface area contributed by atoms with Crippen LogP contribution in [0.3, 0.4) is 0 Å². The second kappa shape index (κ2) is 10.4. The van der Waals surface area contributed by atoms with E-state index in [0.29, 0.717) is 18.0 Å². The minimum atomic E-state index is -3.17. The van der Waals surface area contributed by atoms with Crippen LogP contribution in [0, 0.1) is 0 Å². The molecule has 0 spiro atoms. The van der Waals surface area contributed by atoms with Crippen molar-refractivity contribution >= 4 is 37.4 Å². The van der Waals surface area contributed by atoms with Crippen molar-refractivity contribution < 1.29 is 18.3 Å². The molecule has 6 heteroatoms. The third-order valence-corrected chi connectivity index (χ3v) is 9.20. The highest BCUT2D eigenvalue weighted by Gasteiger charge is 2.40. The zero-order chi connectivity index (χ0) is 27.0. The third kappa shape index (κ3) is 5.40. The van der Waals surface area contributed by atoms with E-state index < -0.39 is 15.8 Å². The van der Waals surface area contributed by atoms with E-state index in [2.05, 4.69) is 84.2 Å². The number of benzene rings is 4. The highest BCUT2D eigenvalue weighted by atomic mass is 32.2. The molecule has 1 heterocycles. The fraction of sp³-hybridized carbons (Fsp3) is 0.242. The van der Waals surface area contributed by atoms with Crippen LogP contribution in [0.2, 0.25) is 0 Å². The molecule has 4 aromatic rings. The molecule has 1 aliphatic heterocycles. The van der Waals surface area contributed by atoms with E-state index in [4.69, 9.17) is 5.11 Å². The number of carbonyl (C=O) groups is 1. The first-order chi connectivity index (χ1) is 18.9. The van der Waals surface area contributed by atoms with Crippen LogP contribution in [-0.4, -0.2) is 31.3 Å². The molecular formula is C33H31NO4S. The summed E-state index contributed by atoms with van der Waals surface area (Å²) in [5.41, 5.74) is 4.62. The van der Waals surface area contributed by atoms with Crippen LogP contribution in [0.25, 0.3) is 21.5 Å². The molecule has 39 heavy (non-hydrogen) atoms. The maximum atomic E-state index is 10.7. The van der Waals surface area contributed by atoms with E-state index in [0.717, 1.165) is 11.5 Å². The van der Waals surface area contributed by atoms with Crippen LogP contribution in [0.5, 0.6) is 0 Å². The maximum absolute atomic E-state index is 10.7. The lowest BCUT2D eigenvalue weighted by Crippen LogP contribution is -2.28. The van der Waals surface area contributed by atoms with E-state index in [1.165, 1.54) is 58.9 Å². The average Bonchev–Trinajstić information content (AvgIpc) is 3.72. The number of sulfone groups is 1. The van der Waals surface area contributed by atoms with Crippen molar-refractivity contribution in [2.75, 3.05) is 5.75 Å². The van der Waals surface area contributed by atoms with Gasteiger partial charge in [-0.05, 0) is 70.0 Å². The molecule has 5 nitrogen and oxygen atoms in total. The van der Waals surface area contributed by atoms with Gasteiger partial charge in [-0.3, -0.25) is 0 Å². The van der Waals surface area contributed by atoms with E-state index in [9.17, 15) is 13.2 Å². The van der Waals surface area contributed by atoms with Crippen molar-refractivity contribution in [3.63, 3.8) is 0 Å². The van der Waals surface area contributed by atoms with Crippen LogP contribution in [0.15, 0.2) is 102 Å². The van der Waals surface area contributed by atoms with E-state index in [1.807, 2.05) is 0 Å². The summed E-state index contributed by atoms with van der Waals surface area (Å²) in [6.07, 6.45) is 7.27. The standard InChI is InChI=1S/C27H25N.C6H6O4S/c1-2-7-18(8-3-1)24-17-26(24)28-25-12-6-10-20-14-15-22-21-11-5-4-9-19(21)13-16-23(22)27(20)25;7-6(8)5-1-3-11(9,10)4-2-5/h1-5,7-9,11,13-16,24-26,28H,6,10,12,17H2;1-3H,4H2,(H,7,8). The van der Waals surface area contributed by atoms with Gasteiger partial charge in [0, 0.05) is 23.4 Å². The topological polar surface area (TPSA) is 83.5 Å². The Morgan fingerprint density at radius 2 is 1.64 bits per heavy atom. The van der Waals surface area contributed by atoms with Crippen molar-refractivity contribution in [3.8, 4) is 0 Å². The fourth-order valence-corrected chi connectivity index (χ4v) is 6.84. The molecule has 7 rings (SSSR count). The Bertz CT molecular complexity index is 1720. The molecule has 0 radical (unpaired) electrons. The van der Waals surface area contributed by atoms with Crippen molar-refractivity contribution in [2.45, 2.75) is 43.7 Å². The summed E-state index contributed by atoms with van der Waals surface area (Å²) in [5.74, 6) is -0.635. The second-order valence-electron chi connectivity index (χ2n) is 10.6. The molecule has 0 amide bonds. The molecular weight excluding hydrogens is 506 g/mol. The molecule has 1 fully saturated rings. The van der Waals surface area contributed by atoms with Gasteiger partial charge in [-0.15, -0.1) is 0 Å². The number of fused-ring (bicyclic) bond motifs is 5. The largest absolute Gasteiger partial charge is 0.478 e. The molecule has 2 N–H and O–H groups in total. The number of aryl methyl sites for hydroxylation is 1. The van der Waals surface area contributed by atoms with Gasteiger partial charge in [0.25, 0.3) is 0 Å². The van der Waals surface area contributed by atoms with E-state index >= 15 is 0 Å². The van der Waals surface area contributed by atoms with Gasteiger partial charge in [-0.2, -0.15) is 0 Å². The van der Waals surface area contributed by atoms with Crippen LogP contribution >= 0.6 is 0 Å². The van der Waals surface area contributed by atoms with Gasteiger partial charge in [0.2, 0.25) is 0 Å². The van der Waals surface area contributed by atoms with Gasteiger partial charge in [-0.1, -0.05) is 84.9 Å². The van der Waals surface area contributed by atoms with Crippen molar-refractivity contribution in [1.29, 1.82) is 0 Å².